The highest BCUT2D eigenvalue weighted by molar-refractivity contribution is 5.71. The van der Waals surface area contributed by atoms with Gasteiger partial charge in [0, 0.05) is 12.0 Å². The van der Waals surface area contributed by atoms with Crippen molar-refractivity contribution in [2.75, 3.05) is 13.1 Å². The van der Waals surface area contributed by atoms with E-state index in [0.717, 1.165) is 32.4 Å². The van der Waals surface area contributed by atoms with Crippen molar-refractivity contribution in [2.24, 2.45) is 11.8 Å². The summed E-state index contributed by atoms with van der Waals surface area (Å²) in [6.45, 7) is 5.29. The van der Waals surface area contributed by atoms with E-state index in [9.17, 15) is 19.4 Å². The molecular weight excluding hydrogens is 321 g/mol. The van der Waals surface area contributed by atoms with Crippen LogP contribution in [0.15, 0.2) is 24.3 Å². The molecule has 1 aromatic carbocycles. The number of rotatable bonds is 4. The van der Waals surface area contributed by atoms with Crippen LogP contribution in [0.25, 0.3) is 0 Å². The van der Waals surface area contributed by atoms with E-state index in [1.54, 1.807) is 13.8 Å². The lowest BCUT2D eigenvalue weighted by atomic mass is 9.82. The first-order valence-electron chi connectivity index (χ1n) is 9.20. The van der Waals surface area contributed by atoms with Crippen molar-refractivity contribution < 1.29 is 19.4 Å². The summed E-state index contributed by atoms with van der Waals surface area (Å²) in [5.41, 5.74) is 0.217. The summed E-state index contributed by atoms with van der Waals surface area (Å²) in [7, 11) is 0. The number of hydrogen-bond donors (Lipinski definition) is 2. The van der Waals surface area contributed by atoms with Gasteiger partial charge in [-0.3, -0.25) is 4.79 Å². The van der Waals surface area contributed by atoms with Gasteiger partial charge in [0.15, 0.2) is 0 Å². The molecule has 0 spiro atoms. The fourth-order valence-corrected chi connectivity index (χ4v) is 4.70. The van der Waals surface area contributed by atoms with Crippen LogP contribution in [0.2, 0.25) is 0 Å². The number of piperidine rings is 1. The Morgan fingerprint density at radius 3 is 2.24 bits per heavy atom. The monoisotopic (exact) mass is 349 g/mol. The number of likely N-dealkylation sites (tertiary alicyclic amines) is 1. The van der Waals surface area contributed by atoms with E-state index in [1.807, 2.05) is 12.1 Å². The Bertz CT molecular complexity index is 602. The number of halogens is 1. The van der Waals surface area contributed by atoms with Crippen molar-refractivity contribution in [2.45, 2.75) is 57.1 Å². The molecular formula is C20H28FNO3. The van der Waals surface area contributed by atoms with Crippen molar-refractivity contribution in [3.8, 4) is 0 Å². The number of carboxylic acid groups (broad SMARTS) is 1. The van der Waals surface area contributed by atoms with Crippen LogP contribution in [0.1, 0.15) is 51.0 Å². The molecule has 1 saturated heterocycles. The first kappa shape index (κ1) is 18.3. The SMILES string of the molecule is CC(C)(O)C1C[C@@H](N2CCC(c3ccc(F)cc3)CC2)C[C@H]1C(=O)O. The minimum absolute atomic E-state index is 0.204. The molecule has 1 heterocycles. The average Bonchev–Trinajstić information content (AvgIpc) is 3.02. The van der Waals surface area contributed by atoms with Gasteiger partial charge in [-0.05, 0) is 76.2 Å². The Hall–Kier alpha value is -1.46. The smallest absolute Gasteiger partial charge is 0.306 e. The van der Waals surface area contributed by atoms with Crippen LogP contribution in [0.4, 0.5) is 4.39 Å². The number of carboxylic acids is 1. The molecule has 5 heteroatoms. The Balaban J connectivity index is 1.61. The molecule has 2 aliphatic rings. The van der Waals surface area contributed by atoms with E-state index in [0.29, 0.717) is 12.3 Å². The molecule has 0 bridgehead atoms. The zero-order valence-corrected chi connectivity index (χ0v) is 15.0. The molecule has 0 radical (unpaired) electrons. The molecule has 1 unspecified atom stereocenters. The van der Waals surface area contributed by atoms with Gasteiger partial charge >= 0.3 is 5.97 Å². The predicted molar refractivity (Wildman–Crippen MR) is 93.9 cm³/mol. The fraction of sp³-hybridized carbons (Fsp3) is 0.650. The van der Waals surface area contributed by atoms with Gasteiger partial charge in [0.05, 0.1) is 11.5 Å². The van der Waals surface area contributed by atoms with E-state index in [4.69, 9.17) is 0 Å². The molecule has 25 heavy (non-hydrogen) atoms. The van der Waals surface area contributed by atoms with Crippen LogP contribution in [0.3, 0.4) is 0 Å². The van der Waals surface area contributed by atoms with E-state index >= 15 is 0 Å². The maximum atomic E-state index is 13.1. The van der Waals surface area contributed by atoms with Gasteiger partial charge in [0.1, 0.15) is 5.82 Å². The number of carbonyl (C=O) groups is 1. The van der Waals surface area contributed by atoms with Crippen molar-refractivity contribution in [3.63, 3.8) is 0 Å². The third-order valence-corrected chi connectivity index (χ3v) is 6.15. The summed E-state index contributed by atoms with van der Waals surface area (Å²) in [5.74, 6) is -1.23. The average molecular weight is 349 g/mol. The maximum absolute atomic E-state index is 13.1. The highest BCUT2D eigenvalue weighted by Gasteiger charge is 2.47. The number of benzene rings is 1. The second-order valence-electron chi connectivity index (χ2n) is 8.19. The van der Waals surface area contributed by atoms with Gasteiger partial charge in [0.2, 0.25) is 0 Å². The molecule has 2 fully saturated rings. The molecule has 0 aromatic heterocycles. The van der Waals surface area contributed by atoms with Gasteiger partial charge in [-0.15, -0.1) is 0 Å². The number of aliphatic hydroxyl groups is 1. The third kappa shape index (κ3) is 4.04. The van der Waals surface area contributed by atoms with Crippen LogP contribution in [-0.2, 0) is 4.79 Å². The Morgan fingerprint density at radius 1 is 1.16 bits per heavy atom. The first-order chi connectivity index (χ1) is 11.8. The van der Waals surface area contributed by atoms with Crippen molar-refractivity contribution in [3.05, 3.63) is 35.6 Å². The lowest BCUT2D eigenvalue weighted by Gasteiger charge is -2.36. The Labute approximate surface area is 148 Å². The molecule has 0 amide bonds. The van der Waals surface area contributed by atoms with E-state index in [2.05, 4.69) is 4.90 Å². The van der Waals surface area contributed by atoms with Gasteiger partial charge in [0.25, 0.3) is 0 Å². The summed E-state index contributed by atoms with van der Waals surface area (Å²) in [5, 5.41) is 19.9. The quantitative estimate of drug-likeness (QED) is 0.876. The minimum Gasteiger partial charge on any atom is -0.481 e. The number of hydrogen-bond acceptors (Lipinski definition) is 3. The molecule has 2 N–H and O–H groups in total. The molecule has 3 rings (SSSR count). The highest BCUT2D eigenvalue weighted by atomic mass is 19.1. The fourth-order valence-electron chi connectivity index (χ4n) is 4.70. The van der Waals surface area contributed by atoms with Crippen molar-refractivity contribution >= 4 is 5.97 Å². The van der Waals surface area contributed by atoms with Gasteiger partial charge < -0.3 is 15.1 Å². The summed E-state index contributed by atoms with van der Waals surface area (Å²) >= 11 is 0. The molecule has 1 aliphatic carbocycles. The summed E-state index contributed by atoms with van der Waals surface area (Å²) < 4.78 is 13.1. The molecule has 138 valence electrons. The summed E-state index contributed by atoms with van der Waals surface area (Å²) in [6.07, 6.45) is 3.37. The zero-order chi connectivity index (χ0) is 18.2. The van der Waals surface area contributed by atoms with Crippen molar-refractivity contribution in [1.82, 2.24) is 4.90 Å². The molecule has 3 atom stereocenters. The number of aliphatic carboxylic acids is 1. The highest BCUT2D eigenvalue weighted by Crippen LogP contribution is 2.42. The largest absolute Gasteiger partial charge is 0.481 e. The Morgan fingerprint density at radius 2 is 1.76 bits per heavy atom. The Kier molecular flexibility index (Phi) is 5.16. The summed E-state index contributed by atoms with van der Waals surface area (Å²) in [4.78, 5) is 14.0. The summed E-state index contributed by atoms with van der Waals surface area (Å²) in [6, 6.07) is 7.01. The number of nitrogens with zero attached hydrogens (tertiary/aromatic N) is 1. The van der Waals surface area contributed by atoms with Crippen LogP contribution >= 0.6 is 0 Å². The second kappa shape index (κ2) is 7.04. The normalized spacial score (nSPS) is 29.0. The van der Waals surface area contributed by atoms with E-state index < -0.39 is 17.5 Å². The van der Waals surface area contributed by atoms with E-state index in [1.165, 1.54) is 17.7 Å². The third-order valence-electron chi connectivity index (χ3n) is 6.15. The lowest BCUT2D eigenvalue weighted by molar-refractivity contribution is -0.146. The zero-order valence-electron chi connectivity index (χ0n) is 15.0. The predicted octanol–water partition coefficient (Wildman–Crippen LogP) is 3.26. The van der Waals surface area contributed by atoms with Gasteiger partial charge in [-0.25, -0.2) is 4.39 Å². The van der Waals surface area contributed by atoms with Crippen LogP contribution < -0.4 is 0 Å². The lowest BCUT2D eigenvalue weighted by Crippen LogP contribution is -2.40. The standard InChI is InChI=1S/C20H28FNO3/c1-20(2,25)18-12-16(11-17(18)19(23)24)22-9-7-14(8-10-22)13-3-5-15(21)6-4-13/h3-6,14,16-18,25H,7-12H2,1-2H3,(H,23,24)/t16-,17+,18?/m0/s1. The maximum Gasteiger partial charge on any atom is 0.306 e. The van der Waals surface area contributed by atoms with Crippen molar-refractivity contribution in [1.29, 1.82) is 0 Å². The molecule has 1 aliphatic heterocycles. The minimum atomic E-state index is -0.968. The van der Waals surface area contributed by atoms with Crippen LogP contribution in [0, 0.1) is 17.7 Å². The molecule has 4 nitrogen and oxygen atoms in total. The van der Waals surface area contributed by atoms with Gasteiger partial charge in [-0.2, -0.15) is 0 Å². The first-order valence-corrected chi connectivity index (χ1v) is 9.20. The molecule has 1 saturated carbocycles. The van der Waals surface area contributed by atoms with Crippen LogP contribution in [0.5, 0.6) is 0 Å². The second-order valence-corrected chi connectivity index (χ2v) is 8.19. The van der Waals surface area contributed by atoms with E-state index in [-0.39, 0.29) is 17.8 Å². The van der Waals surface area contributed by atoms with Crippen LogP contribution in [-0.4, -0.2) is 45.8 Å². The van der Waals surface area contributed by atoms with Gasteiger partial charge in [-0.1, -0.05) is 12.1 Å². The molecule has 1 aromatic rings. The topological polar surface area (TPSA) is 60.8 Å².